The average Bonchev–Trinajstić information content (AvgIpc) is 3.29. The maximum atomic E-state index is 12.1. The van der Waals surface area contributed by atoms with Gasteiger partial charge in [0.05, 0.1) is 19.0 Å². The Balaban J connectivity index is 1.69. The summed E-state index contributed by atoms with van der Waals surface area (Å²) in [6.45, 7) is 6.26. The monoisotopic (exact) mass is 407 g/mol. The summed E-state index contributed by atoms with van der Waals surface area (Å²) < 4.78 is 20.0. The van der Waals surface area contributed by atoms with Gasteiger partial charge in [-0.2, -0.15) is 4.98 Å². The van der Waals surface area contributed by atoms with Gasteiger partial charge in [-0.05, 0) is 12.8 Å². The molecule has 0 radical (unpaired) electrons. The van der Waals surface area contributed by atoms with Crippen LogP contribution in [-0.2, 0) is 14.2 Å². The summed E-state index contributed by atoms with van der Waals surface area (Å²) in [7, 11) is 0. The van der Waals surface area contributed by atoms with Crippen LogP contribution >= 0.6 is 0 Å². The number of nitrogens with two attached hydrogens (primary N) is 1. The van der Waals surface area contributed by atoms with Crippen molar-refractivity contribution in [3.8, 4) is 0 Å². The first kappa shape index (κ1) is 21.7. The first-order chi connectivity index (χ1) is 14.1. The van der Waals surface area contributed by atoms with Gasteiger partial charge in [-0.25, -0.2) is 4.98 Å². The minimum absolute atomic E-state index is 0.0606. The molecule has 2 aromatic heterocycles. The molecule has 0 aromatic carbocycles. The van der Waals surface area contributed by atoms with Gasteiger partial charge in [0.25, 0.3) is 5.56 Å². The summed E-state index contributed by atoms with van der Waals surface area (Å²) in [5.74, 6) is 0.0606. The van der Waals surface area contributed by atoms with Crippen LogP contribution in [0, 0.1) is 0 Å². The molecule has 162 valence electrons. The highest BCUT2D eigenvalue weighted by atomic mass is 16.6. The van der Waals surface area contributed by atoms with Gasteiger partial charge in [0.2, 0.25) is 5.95 Å². The van der Waals surface area contributed by atoms with Crippen LogP contribution in [0.25, 0.3) is 11.2 Å². The third-order valence-corrected chi connectivity index (χ3v) is 5.20. The van der Waals surface area contributed by atoms with Gasteiger partial charge < -0.3 is 19.9 Å². The van der Waals surface area contributed by atoms with Crippen molar-refractivity contribution >= 4 is 17.1 Å². The van der Waals surface area contributed by atoms with Crippen molar-refractivity contribution in [3.05, 3.63) is 16.7 Å². The Kier molecular flexibility index (Phi) is 8.02. The fourth-order valence-corrected chi connectivity index (χ4v) is 3.59. The lowest BCUT2D eigenvalue weighted by Crippen LogP contribution is -2.29. The summed E-state index contributed by atoms with van der Waals surface area (Å²) in [5, 5.41) is 0. The lowest BCUT2D eigenvalue weighted by molar-refractivity contribution is -0.0764. The highest BCUT2D eigenvalue weighted by Crippen LogP contribution is 2.32. The number of fused-ring (bicyclic) bond motifs is 1. The first-order valence-corrected chi connectivity index (χ1v) is 10.7. The highest BCUT2D eigenvalue weighted by molar-refractivity contribution is 5.70. The molecule has 3 N–H and O–H groups in total. The first-order valence-electron chi connectivity index (χ1n) is 10.7. The van der Waals surface area contributed by atoms with Crippen LogP contribution < -0.4 is 11.3 Å². The zero-order valence-corrected chi connectivity index (χ0v) is 17.4. The lowest BCUT2D eigenvalue weighted by Gasteiger charge is -2.19. The van der Waals surface area contributed by atoms with Crippen LogP contribution in [-0.4, -0.2) is 51.5 Å². The molecule has 1 unspecified atom stereocenters. The van der Waals surface area contributed by atoms with E-state index in [0.717, 1.165) is 45.1 Å². The predicted octanol–water partition coefficient (Wildman–Crippen LogP) is 2.77. The molecule has 9 heteroatoms. The second kappa shape index (κ2) is 10.7. The van der Waals surface area contributed by atoms with Gasteiger partial charge in [-0.15, -0.1) is 0 Å². The van der Waals surface area contributed by atoms with Crippen molar-refractivity contribution in [2.24, 2.45) is 0 Å². The van der Waals surface area contributed by atoms with Crippen LogP contribution in [0.15, 0.2) is 11.1 Å². The van der Waals surface area contributed by atoms with Gasteiger partial charge in [0, 0.05) is 19.6 Å². The third-order valence-electron chi connectivity index (χ3n) is 5.20. The number of nitrogens with one attached hydrogen (secondary N) is 1. The molecule has 9 nitrogen and oxygen atoms in total. The Labute approximate surface area is 171 Å². The minimum Gasteiger partial charge on any atom is -0.379 e. The number of ether oxygens (including phenoxy) is 3. The molecule has 3 rings (SSSR count). The maximum Gasteiger partial charge on any atom is 0.280 e. The van der Waals surface area contributed by atoms with E-state index in [1.54, 1.807) is 10.9 Å². The SMILES string of the molecule is CCCCCOC[C@H]1O[C@@H](n2cnc3c(=O)[nH]c(N)nc32)CC1OCCCCC. The number of nitrogen functional groups attached to an aromatic ring is 1. The summed E-state index contributed by atoms with van der Waals surface area (Å²) in [5.41, 5.74) is 6.03. The van der Waals surface area contributed by atoms with E-state index in [1.165, 1.54) is 0 Å². The number of aromatic nitrogens is 4. The normalized spacial score (nSPS) is 21.9. The van der Waals surface area contributed by atoms with E-state index in [1.807, 2.05) is 0 Å². The van der Waals surface area contributed by atoms with Crippen molar-refractivity contribution < 1.29 is 14.2 Å². The second-order valence-electron chi connectivity index (χ2n) is 7.54. The highest BCUT2D eigenvalue weighted by Gasteiger charge is 2.38. The molecule has 1 aliphatic heterocycles. The van der Waals surface area contributed by atoms with Gasteiger partial charge in [0.15, 0.2) is 11.2 Å². The van der Waals surface area contributed by atoms with Crippen molar-refractivity contribution in [2.45, 2.75) is 77.2 Å². The Hall–Kier alpha value is -1.97. The molecule has 0 amide bonds. The lowest BCUT2D eigenvalue weighted by atomic mass is 10.2. The number of imidazole rings is 1. The molecule has 1 aliphatic rings. The van der Waals surface area contributed by atoms with E-state index in [2.05, 4.69) is 28.8 Å². The Morgan fingerprint density at radius 3 is 2.76 bits per heavy atom. The quantitative estimate of drug-likeness (QED) is 0.519. The van der Waals surface area contributed by atoms with Crippen molar-refractivity contribution in [2.75, 3.05) is 25.6 Å². The minimum atomic E-state index is -0.354. The zero-order valence-electron chi connectivity index (χ0n) is 17.4. The van der Waals surface area contributed by atoms with Gasteiger partial charge in [0.1, 0.15) is 12.3 Å². The van der Waals surface area contributed by atoms with Gasteiger partial charge in [-0.3, -0.25) is 14.3 Å². The molecule has 0 saturated carbocycles. The van der Waals surface area contributed by atoms with Crippen LogP contribution in [0.2, 0.25) is 0 Å². The molecule has 29 heavy (non-hydrogen) atoms. The topological polar surface area (TPSA) is 117 Å². The Morgan fingerprint density at radius 1 is 1.24 bits per heavy atom. The van der Waals surface area contributed by atoms with Crippen LogP contribution in [0.1, 0.15) is 65.0 Å². The average molecular weight is 408 g/mol. The third kappa shape index (κ3) is 5.55. The van der Waals surface area contributed by atoms with E-state index < -0.39 is 0 Å². The van der Waals surface area contributed by atoms with E-state index in [0.29, 0.717) is 25.3 Å². The number of hydrogen-bond donors (Lipinski definition) is 2. The maximum absolute atomic E-state index is 12.1. The number of rotatable bonds is 12. The zero-order chi connectivity index (χ0) is 20.6. The van der Waals surface area contributed by atoms with Crippen molar-refractivity contribution in [1.29, 1.82) is 0 Å². The van der Waals surface area contributed by atoms with Gasteiger partial charge in [-0.1, -0.05) is 39.5 Å². The van der Waals surface area contributed by atoms with Crippen LogP contribution in [0.3, 0.4) is 0 Å². The molecule has 1 saturated heterocycles. The van der Waals surface area contributed by atoms with Crippen molar-refractivity contribution in [3.63, 3.8) is 0 Å². The summed E-state index contributed by atoms with van der Waals surface area (Å²) >= 11 is 0. The molecule has 2 aromatic rings. The predicted molar refractivity (Wildman–Crippen MR) is 111 cm³/mol. The number of H-pyrrole nitrogens is 1. The number of anilines is 1. The van der Waals surface area contributed by atoms with Gasteiger partial charge >= 0.3 is 0 Å². The molecule has 3 heterocycles. The molecular weight excluding hydrogens is 374 g/mol. The molecular formula is C20H33N5O4. The fraction of sp³-hybridized carbons (Fsp3) is 0.750. The Bertz CT molecular complexity index is 821. The molecule has 0 aliphatic carbocycles. The number of nitrogens with zero attached hydrogens (tertiary/aromatic N) is 3. The molecule has 3 atom stereocenters. The number of hydrogen-bond acceptors (Lipinski definition) is 7. The van der Waals surface area contributed by atoms with E-state index in [9.17, 15) is 4.79 Å². The van der Waals surface area contributed by atoms with Crippen LogP contribution in [0.5, 0.6) is 0 Å². The van der Waals surface area contributed by atoms with E-state index >= 15 is 0 Å². The largest absolute Gasteiger partial charge is 0.379 e. The standard InChI is InChI=1S/C20H33N5O4/c1-3-5-7-9-27-12-15-14(28-10-8-6-4-2)11-16(29-15)25-13-22-17-18(25)23-20(21)24-19(17)26/h13-16H,3-12H2,1-2H3,(H3,21,23,24,26)/t14?,15-,16-/m1/s1. The summed E-state index contributed by atoms with van der Waals surface area (Å²) in [4.78, 5) is 22.9. The van der Waals surface area contributed by atoms with Crippen LogP contribution in [0.4, 0.5) is 5.95 Å². The second-order valence-corrected chi connectivity index (χ2v) is 7.54. The smallest absolute Gasteiger partial charge is 0.280 e. The Morgan fingerprint density at radius 2 is 2.00 bits per heavy atom. The van der Waals surface area contributed by atoms with E-state index in [4.69, 9.17) is 19.9 Å². The van der Waals surface area contributed by atoms with Crippen molar-refractivity contribution in [1.82, 2.24) is 19.5 Å². The van der Waals surface area contributed by atoms with E-state index in [-0.39, 0.29) is 35.5 Å². The fourth-order valence-electron chi connectivity index (χ4n) is 3.59. The molecule has 1 fully saturated rings. The summed E-state index contributed by atoms with van der Waals surface area (Å²) in [6, 6.07) is 0. The number of unbranched alkanes of at least 4 members (excludes halogenated alkanes) is 4. The molecule has 0 spiro atoms. The molecule has 0 bridgehead atoms. The summed E-state index contributed by atoms with van der Waals surface area (Å²) in [6.07, 6.45) is 8.37. The number of aromatic amines is 1.